The average molecular weight is 180 g/mol. The second-order valence-electron chi connectivity index (χ2n) is 3.62. The summed E-state index contributed by atoms with van der Waals surface area (Å²) >= 11 is 0. The van der Waals surface area contributed by atoms with E-state index in [0.717, 1.165) is 19.0 Å². The van der Waals surface area contributed by atoms with Gasteiger partial charge in [-0.25, -0.2) is 4.98 Å². The summed E-state index contributed by atoms with van der Waals surface area (Å²) < 4.78 is 7.82. The molecule has 0 aromatic carbocycles. The quantitative estimate of drug-likeness (QED) is 0.693. The molecular formula is C10H16N2O. The first-order chi connectivity index (χ1) is 6.36. The van der Waals surface area contributed by atoms with E-state index in [2.05, 4.69) is 9.55 Å². The first-order valence-electron chi connectivity index (χ1n) is 4.95. The molecule has 1 atom stereocenters. The molecule has 2 heterocycles. The number of aromatic nitrogens is 2. The topological polar surface area (TPSA) is 27.1 Å². The predicted molar refractivity (Wildman–Crippen MR) is 50.6 cm³/mol. The van der Waals surface area contributed by atoms with Crippen LogP contribution in [-0.4, -0.2) is 22.3 Å². The van der Waals surface area contributed by atoms with Crippen molar-refractivity contribution < 1.29 is 4.74 Å². The highest BCUT2D eigenvalue weighted by molar-refractivity contribution is 4.89. The number of nitrogens with zero attached hydrogens (tertiary/aromatic N) is 2. The van der Waals surface area contributed by atoms with Crippen molar-refractivity contribution in [2.24, 2.45) is 0 Å². The van der Waals surface area contributed by atoms with Gasteiger partial charge in [-0.3, -0.25) is 0 Å². The first-order valence-corrected chi connectivity index (χ1v) is 4.95. The molecule has 72 valence electrons. The maximum Gasteiger partial charge on any atom is 0.105 e. The normalized spacial score (nSPS) is 23.3. The lowest BCUT2D eigenvalue weighted by Gasteiger charge is -2.23. The lowest BCUT2D eigenvalue weighted by atomic mass is 10.1. The van der Waals surface area contributed by atoms with Gasteiger partial charge in [-0.2, -0.15) is 0 Å². The molecule has 1 aliphatic rings. The Bertz CT molecular complexity index is 264. The molecule has 2 rings (SSSR count). The summed E-state index contributed by atoms with van der Waals surface area (Å²) in [6, 6.07) is 0. The van der Waals surface area contributed by atoms with Crippen molar-refractivity contribution in [3.05, 3.63) is 18.2 Å². The first kappa shape index (κ1) is 8.75. The van der Waals surface area contributed by atoms with Gasteiger partial charge in [0.1, 0.15) is 5.82 Å². The monoisotopic (exact) mass is 180 g/mol. The van der Waals surface area contributed by atoms with Crippen LogP contribution in [0.1, 0.15) is 25.1 Å². The highest BCUT2D eigenvalue weighted by Gasteiger charge is 2.14. The smallest absolute Gasteiger partial charge is 0.105 e. The Morgan fingerprint density at radius 1 is 1.62 bits per heavy atom. The van der Waals surface area contributed by atoms with E-state index in [1.807, 2.05) is 19.3 Å². The Labute approximate surface area is 78.7 Å². The zero-order valence-corrected chi connectivity index (χ0v) is 8.07. The molecule has 0 aliphatic carbocycles. The third-order valence-corrected chi connectivity index (χ3v) is 2.60. The van der Waals surface area contributed by atoms with Gasteiger partial charge in [-0.05, 0) is 26.2 Å². The molecule has 1 saturated heterocycles. The fourth-order valence-electron chi connectivity index (χ4n) is 1.77. The Balaban J connectivity index is 1.93. The summed E-state index contributed by atoms with van der Waals surface area (Å²) in [6.45, 7) is 3.92. The van der Waals surface area contributed by atoms with Crippen LogP contribution in [0.25, 0.3) is 0 Å². The maximum atomic E-state index is 5.66. The van der Waals surface area contributed by atoms with Crippen molar-refractivity contribution >= 4 is 0 Å². The molecule has 1 aromatic heterocycles. The van der Waals surface area contributed by atoms with Gasteiger partial charge in [0.25, 0.3) is 0 Å². The van der Waals surface area contributed by atoms with Crippen molar-refractivity contribution in [2.45, 2.75) is 38.8 Å². The summed E-state index contributed by atoms with van der Waals surface area (Å²) in [4.78, 5) is 4.19. The van der Waals surface area contributed by atoms with Gasteiger partial charge in [0.15, 0.2) is 0 Å². The van der Waals surface area contributed by atoms with E-state index in [1.54, 1.807) is 0 Å². The van der Waals surface area contributed by atoms with Gasteiger partial charge < -0.3 is 9.30 Å². The van der Waals surface area contributed by atoms with Gasteiger partial charge in [0.05, 0.1) is 6.10 Å². The van der Waals surface area contributed by atoms with E-state index in [-0.39, 0.29) is 0 Å². The average Bonchev–Trinajstić information content (AvgIpc) is 2.54. The number of rotatable bonds is 2. The zero-order chi connectivity index (χ0) is 9.10. The van der Waals surface area contributed by atoms with E-state index in [4.69, 9.17) is 4.74 Å². The predicted octanol–water partition coefficient (Wildman–Crippen LogP) is 1.76. The lowest BCUT2D eigenvalue weighted by molar-refractivity contribution is 0.00566. The Morgan fingerprint density at radius 2 is 2.54 bits per heavy atom. The van der Waals surface area contributed by atoms with Crippen LogP contribution in [0.4, 0.5) is 0 Å². The molecule has 3 heteroatoms. The van der Waals surface area contributed by atoms with Crippen LogP contribution < -0.4 is 0 Å². The van der Waals surface area contributed by atoms with E-state index in [0.29, 0.717) is 6.10 Å². The van der Waals surface area contributed by atoms with Crippen molar-refractivity contribution in [3.63, 3.8) is 0 Å². The summed E-state index contributed by atoms with van der Waals surface area (Å²) in [5.74, 6) is 1.08. The van der Waals surface area contributed by atoms with E-state index >= 15 is 0 Å². The van der Waals surface area contributed by atoms with Crippen LogP contribution in [-0.2, 0) is 11.3 Å². The molecule has 13 heavy (non-hydrogen) atoms. The number of ether oxygens (including phenoxy) is 1. The molecule has 3 nitrogen and oxygen atoms in total. The molecule has 1 aliphatic heterocycles. The third kappa shape index (κ3) is 2.10. The molecule has 1 unspecified atom stereocenters. The van der Waals surface area contributed by atoms with Crippen molar-refractivity contribution in [3.8, 4) is 0 Å². The van der Waals surface area contributed by atoms with Crippen molar-refractivity contribution in [1.82, 2.24) is 9.55 Å². The minimum Gasteiger partial charge on any atom is -0.376 e. The molecule has 0 radical (unpaired) electrons. The summed E-state index contributed by atoms with van der Waals surface area (Å²) in [6.07, 6.45) is 7.99. The largest absolute Gasteiger partial charge is 0.376 e. The number of imidazole rings is 1. The standard InChI is InChI=1S/C10H16N2O/c1-9-11-5-6-12(9)8-10-4-2-3-7-13-10/h5-6,10H,2-4,7-8H2,1H3. The van der Waals surface area contributed by atoms with E-state index < -0.39 is 0 Å². The Hall–Kier alpha value is -0.830. The number of hydrogen-bond donors (Lipinski definition) is 0. The molecule has 0 N–H and O–H groups in total. The number of aryl methyl sites for hydroxylation is 1. The van der Waals surface area contributed by atoms with Gasteiger partial charge in [-0.1, -0.05) is 0 Å². The van der Waals surface area contributed by atoms with Crippen LogP contribution in [0.5, 0.6) is 0 Å². The SMILES string of the molecule is Cc1nccn1CC1CCCCO1. The third-order valence-electron chi connectivity index (χ3n) is 2.60. The summed E-state index contributed by atoms with van der Waals surface area (Å²) in [7, 11) is 0. The number of hydrogen-bond acceptors (Lipinski definition) is 2. The molecule has 0 spiro atoms. The second kappa shape index (κ2) is 3.92. The van der Waals surface area contributed by atoms with Crippen LogP contribution in [0.2, 0.25) is 0 Å². The van der Waals surface area contributed by atoms with Crippen LogP contribution in [0.15, 0.2) is 12.4 Å². The van der Waals surface area contributed by atoms with Crippen molar-refractivity contribution in [1.29, 1.82) is 0 Å². The highest BCUT2D eigenvalue weighted by Crippen LogP contribution is 2.14. The van der Waals surface area contributed by atoms with E-state index in [9.17, 15) is 0 Å². The fourth-order valence-corrected chi connectivity index (χ4v) is 1.77. The molecule has 1 aromatic rings. The molecule has 1 fully saturated rings. The van der Waals surface area contributed by atoms with Crippen LogP contribution in [0, 0.1) is 6.92 Å². The van der Waals surface area contributed by atoms with Gasteiger partial charge in [0, 0.05) is 25.5 Å². The Morgan fingerprint density at radius 3 is 3.15 bits per heavy atom. The van der Waals surface area contributed by atoms with Gasteiger partial charge >= 0.3 is 0 Å². The van der Waals surface area contributed by atoms with Crippen LogP contribution >= 0.6 is 0 Å². The minimum atomic E-state index is 0.404. The van der Waals surface area contributed by atoms with Gasteiger partial charge in [-0.15, -0.1) is 0 Å². The highest BCUT2D eigenvalue weighted by atomic mass is 16.5. The van der Waals surface area contributed by atoms with E-state index in [1.165, 1.54) is 19.3 Å². The summed E-state index contributed by atoms with van der Waals surface area (Å²) in [5.41, 5.74) is 0. The van der Waals surface area contributed by atoms with Gasteiger partial charge in [0.2, 0.25) is 0 Å². The molecular weight excluding hydrogens is 164 g/mol. The zero-order valence-electron chi connectivity index (χ0n) is 8.07. The molecule has 0 bridgehead atoms. The second-order valence-corrected chi connectivity index (χ2v) is 3.62. The molecule has 0 saturated carbocycles. The Kier molecular flexibility index (Phi) is 2.64. The maximum absolute atomic E-state index is 5.66. The van der Waals surface area contributed by atoms with Crippen molar-refractivity contribution in [2.75, 3.05) is 6.61 Å². The minimum absolute atomic E-state index is 0.404. The lowest BCUT2D eigenvalue weighted by Crippen LogP contribution is -2.24. The fraction of sp³-hybridized carbons (Fsp3) is 0.700. The van der Waals surface area contributed by atoms with Crippen LogP contribution in [0.3, 0.4) is 0 Å². The summed E-state index contributed by atoms with van der Waals surface area (Å²) in [5, 5.41) is 0. The molecule has 0 amide bonds.